The number of carbonyl (C=O) groups is 1. The molecule has 1 heterocycles. The first-order valence-corrected chi connectivity index (χ1v) is 3.23. The lowest BCUT2D eigenvalue weighted by Gasteiger charge is -1.95. The van der Waals surface area contributed by atoms with Crippen LogP contribution in [0.1, 0.15) is 17.3 Å². The summed E-state index contributed by atoms with van der Waals surface area (Å²) < 4.78 is 0. The molecule has 0 unspecified atom stereocenters. The Morgan fingerprint density at radius 1 is 1.67 bits per heavy atom. The highest BCUT2D eigenvalue weighted by Gasteiger charge is 2.16. The monoisotopic (exact) mass is 166 g/mol. The van der Waals surface area contributed by atoms with E-state index in [1.165, 1.54) is 25.3 Å². The Bertz CT molecular complexity index is 302. The third kappa shape index (κ3) is 1.45. The molecule has 5 nitrogen and oxygen atoms in total. The van der Waals surface area contributed by atoms with E-state index in [-0.39, 0.29) is 17.2 Å². The number of ketones is 1. The molecular weight excluding hydrogens is 160 g/mol. The molecule has 0 fully saturated rings. The molecule has 1 rings (SSSR count). The van der Waals surface area contributed by atoms with Crippen LogP contribution in [0.2, 0.25) is 0 Å². The fraction of sp³-hybridized carbons (Fsp3) is 0.143. The van der Waals surface area contributed by atoms with Crippen LogP contribution in [0.25, 0.3) is 0 Å². The maximum atomic E-state index is 10.8. The van der Waals surface area contributed by atoms with Crippen molar-refractivity contribution in [3.05, 3.63) is 34.0 Å². The standard InChI is InChI=1S/C7H6N2O3/c1-5(10)6-3-2-4-8-7(6)9(11)12/h2-4H,1H3. The highest BCUT2D eigenvalue weighted by Crippen LogP contribution is 2.13. The SMILES string of the molecule is CC(=O)c1cccnc1[N+](=O)[O-]. The number of nitrogens with zero attached hydrogens (tertiary/aromatic N) is 2. The molecule has 1 aromatic rings. The van der Waals surface area contributed by atoms with Crippen LogP contribution in [-0.2, 0) is 0 Å². The number of hydrogen-bond donors (Lipinski definition) is 0. The van der Waals surface area contributed by atoms with Gasteiger partial charge in [0.2, 0.25) is 0 Å². The lowest BCUT2D eigenvalue weighted by molar-refractivity contribution is -0.389. The first kappa shape index (κ1) is 8.32. The Morgan fingerprint density at radius 3 is 2.75 bits per heavy atom. The van der Waals surface area contributed by atoms with E-state index in [0.29, 0.717) is 0 Å². The van der Waals surface area contributed by atoms with Crippen LogP contribution in [0.3, 0.4) is 0 Å². The number of aromatic nitrogens is 1. The second-order valence-corrected chi connectivity index (χ2v) is 2.19. The van der Waals surface area contributed by atoms with Crippen LogP contribution in [0, 0.1) is 10.1 Å². The number of rotatable bonds is 2. The topological polar surface area (TPSA) is 73.1 Å². The number of hydrogen-bond acceptors (Lipinski definition) is 4. The third-order valence-corrected chi connectivity index (χ3v) is 1.34. The van der Waals surface area contributed by atoms with Crippen LogP contribution in [-0.4, -0.2) is 15.7 Å². The molecule has 0 radical (unpaired) electrons. The van der Waals surface area contributed by atoms with Crippen molar-refractivity contribution in [1.82, 2.24) is 4.98 Å². The van der Waals surface area contributed by atoms with E-state index in [9.17, 15) is 14.9 Å². The van der Waals surface area contributed by atoms with Gasteiger partial charge in [0.15, 0.2) is 5.78 Å². The lowest BCUT2D eigenvalue weighted by atomic mass is 10.2. The maximum Gasteiger partial charge on any atom is 0.374 e. The zero-order chi connectivity index (χ0) is 9.14. The van der Waals surface area contributed by atoms with Crippen LogP contribution < -0.4 is 0 Å². The maximum absolute atomic E-state index is 10.8. The van der Waals surface area contributed by atoms with Crippen LogP contribution >= 0.6 is 0 Å². The van der Waals surface area contributed by atoms with Gasteiger partial charge in [-0.25, -0.2) is 0 Å². The normalized spacial score (nSPS) is 9.42. The van der Waals surface area contributed by atoms with E-state index < -0.39 is 4.92 Å². The molecule has 0 N–H and O–H groups in total. The summed E-state index contributed by atoms with van der Waals surface area (Å²) in [5.41, 5.74) is 0.0440. The van der Waals surface area contributed by atoms with Gasteiger partial charge in [-0.1, -0.05) is 0 Å². The zero-order valence-electron chi connectivity index (χ0n) is 6.35. The average Bonchev–Trinajstić information content (AvgIpc) is 2.04. The summed E-state index contributed by atoms with van der Waals surface area (Å²) >= 11 is 0. The molecule has 0 atom stereocenters. The van der Waals surface area contributed by atoms with Gasteiger partial charge in [-0.2, -0.15) is 0 Å². The van der Waals surface area contributed by atoms with Gasteiger partial charge in [0.05, 0.1) is 0 Å². The van der Waals surface area contributed by atoms with Crippen molar-refractivity contribution < 1.29 is 9.72 Å². The molecule has 0 aromatic carbocycles. The van der Waals surface area contributed by atoms with Crippen molar-refractivity contribution in [2.24, 2.45) is 0 Å². The molecule has 0 amide bonds. The smallest absolute Gasteiger partial charge is 0.358 e. The van der Waals surface area contributed by atoms with E-state index >= 15 is 0 Å². The zero-order valence-corrected chi connectivity index (χ0v) is 6.35. The van der Waals surface area contributed by atoms with Gasteiger partial charge >= 0.3 is 5.82 Å². The van der Waals surface area contributed by atoms with E-state index in [1.54, 1.807) is 0 Å². The van der Waals surface area contributed by atoms with Crippen molar-refractivity contribution in [1.29, 1.82) is 0 Å². The molecule has 0 saturated carbocycles. The van der Waals surface area contributed by atoms with Crippen molar-refractivity contribution in [3.63, 3.8) is 0 Å². The Hall–Kier alpha value is -1.78. The minimum absolute atomic E-state index is 0.0440. The fourth-order valence-corrected chi connectivity index (χ4v) is 0.817. The Balaban J connectivity index is 3.27. The highest BCUT2D eigenvalue weighted by molar-refractivity contribution is 5.97. The van der Waals surface area contributed by atoms with Crippen molar-refractivity contribution in [2.75, 3.05) is 0 Å². The molecule has 0 aliphatic heterocycles. The summed E-state index contributed by atoms with van der Waals surface area (Å²) in [7, 11) is 0. The number of carbonyl (C=O) groups excluding carboxylic acids is 1. The molecule has 5 heteroatoms. The summed E-state index contributed by atoms with van der Waals surface area (Å²) in [5.74, 6) is -0.736. The summed E-state index contributed by atoms with van der Waals surface area (Å²) in [6.07, 6.45) is 1.28. The molecule has 0 bridgehead atoms. The summed E-state index contributed by atoms with van der Waals surface area (Å²) in [5, 5.41) is 10.3. The minimum Gasteiger partial charge on any atom is -0.358 e. The minimum atomic E-state index is -0.670. The number of pyridine rings is 1. The number of nitro groups is 1. The van der Waals surface area contributed by atoms with Crippen molar-refractivity contribution in [2.45, 2.75) is 6.92 Å². The Kier molecular flexibility index (Phi) is 2.14. The van der Waals surface area contributed by atoms with Crippen molar-refractivity contribution >= 4 is 11.6 Å². The van der Waals surface area contributed by atoms with Gasteiger partial charge in [-0.3, -0.25) is 4.79 Å². The van der Waals surface area contributed by atoms with Gasteiger partial charge in [-0.05, 0) is 29.0 Å². The van der Waals surface area contributed by atoms with E-state index in [2.05, 4.69) is 4.98 Å². The second-order valence-electron chi connectivity index (χ2n) is 2.19. The fourth-order valence-electron chi connectivity index (χ4n) is 0.817. The molecule has 0 aliphatic carbocycles. The van der Waals surface area contributed by atoms with E-state index in [1.807, 2.05) is 0 Å². The average molecular weight is 166 g/mol. The predicted octanol–water partition coefficient (Wildman–Crippen LogP) is 1.19. The predicted molar refractivity (Wildman–Crippen MR) is 40.9 cm³/mol. The van der Waals surface area contributed by atoms with Crippen LogP contribution in [0.5, 0.6) is 0 Å². The molecule has 0 saturated heterocycles. The molecule has 62 valence electrons. The molecule has 12 heavy (non-hydrogen) atoms. The second kappa shape index (κ2) is 3.08. The first-order valence-electron chi connectivity index (χ1n) is 3.23. The quantitative estimate of drug-likeness (QED) is 0.375. The third-order valence-electron chi connectivity index (χ3n) is 1.34. The van der Waals surface area contributed by atoms with E-state index in [0.717, 1.165) is 0 Å². The van der Waals surface area contributed by atoms with Crippen LogP contribution in [0.15, 0.2) is 18.3 Å². The highest BCUT2D eigenvalue weighted by atomic mass is 16.6. The summed E-state index contributed by atoms with van der Waals surface area (Å²) in [4.78, 5) is 24.0. The molecule has 1 aromatic heterocycles. The Morgan fingerprint density at radius 2 is 2.33 bits per heavy atom. The first-order chi connectivity index (χ1) is 5.63. The number of Topliss-reactive ketones (excluding diaryl/α,β-unsaturated/α-hetero) is 1. The summed E-state index contributed by atoms with van der Waals surface area (Å²) in [6.45, 7) is 1.27. The van der Waals surface area contributed by atoms with Crippen molar-refractivity contribution in [3.8, 4) is 0 Å². The Labute approximate surface area is 68.2 Å². The van der Waals surface area contributed by atoms with Gasteiger partial charge < -0.3 is 10.1 Å². The van der Waals surface area contributed by atoms with Gasteiger partial charge in [0, 0.05) is 0 Å². The summed E-state index contributed by atoms with van der Waals surface area (Å²) in [6, 6.07) is 2.87. The largest absolute Gasteiger partial charge is 0.374 e. The van der Waals surface area contributed by atoms with E-state index in [4.69, 9.17) is 0 Å². The molecule has 0 spiro atoms. The van der Waals surface area contributed by atoms with Gasteiger partial charge in [0.25, 0.3) is 0 Å². The lowest BCUT2D eigenvalue weighted by Crippen LogP contribution is -2.01. The van der Waals surface area contributed by atoms with Gasteiger partial charge in [-0.15, -0.1) is 0 Å². The van der Waals surface area contributed by atoms with Gasteiger partial charge in [0.1, 0.15) is 11.8 Å². The van der Waals surface area contributed by atoms with Crippen LogP contribution in [0.4, 0.5) is 5.82 Å². The molecule has 0 aliphatic rings. The molecular formula is C7H6N2O3.